The summed E-state index contributed by atoms with van der Waals surface area (Å²) in [4.78, 5) is 12.2. The molecule has 0 radical (unpaired) electrons. The van der Waals surface area contributed by atoms with E-state index in [0.29, 0.717) is 11.4 Å². The summed E-state index contributed by atoms with van der Waals surface area (Å²) in [6.07, 6.45) is 0. The van der Waals surface area contributed by atoms with E-state index in [1.807, 2.05) is 36.4 Å². The van der Waals surface area contributed by atoms with E-state index in [-0.39, 0.29) is 11.6 Å². The number of para-hydroxylation sites is 2. The average Bonchev–Trinajstić information content (AvgIpc) is 2.73. The van der Waals surface area contributed by atoms with Crippen LogP contribution in [-0.4, -0.2) is 14.5 Å². The molecule has 0 atom stereocenters. The summed E-state index contributed by atoms with van der Waals surface area (Å²) in [5, 5.41) is 10.1. The SMILES string of the molecule is Nc1c(O)n(-c2ccccc2)n(-c2ccccc2)c1=O. The molecule has 0 spiro atoms. The number of anilines is 1. The van der Waals surface area contributed by atoms with Crippen molar-refractivity contribution >= 4 is 5.69 Å². The quantitative estimate of drug-likeness (QED) is 0.745. The van der Waals surface area contributed by atoms with Gasteiger partial charge < -0.3 is 10.8 Å². The fourth-order valence-corrected chi connectivity index (χ4v) is 2.12. The van der Waals surface area contributed by atoms with Crippen LogP contribution in [0.25, 0.3) is 11.4 Å². The minimum atomic E-state index is -0.447. The molecule has 0 amide bonds. The Bertz CT molecular complexity index is 789. The van der Waals surface area contributed by atoms with Crippen LogP contribution in [0.5, 0.6) is 5.88 Å². The third kappa shape index (κ3) is 1.76. The summed E-state index contributed by atoms with van der Waals surface area (Å²) in [6.45, 7) is 0. The molecule has 3 aromatic rings. The third-order valence-corrected chi connectivity index (χ3v) is 3.07. The molecule has 3 rings (SSSR count). The molecule has 0 bridgehead atoms. The number of nitrogens with two attached hydrogens (primary N) is 1. The summed E-state index contributed by atoms with van der Waals surface area (Å²) in [6, 6.07) is 18.1. The highest BCUT2D eigenvalue weighted by atomic mass is 16.3. The van der Waals surface area contributed by atoms with Crippen LogP contribution in [0, 0.1) is 0 Å². The van der Waals surface area contributed by atoms with Crippen LogP contribution in [0.15, 0.2) is 65.5 Å². The second-order valence-corrected chi connectivity index (χ2v) is 4.34. The number of aromatic nitrogens is 2. The van der Waals surface area contributed by atoms with Crippen LogP contribution >= 0.6 is 0 Å². The van der Waals surface area contributed by atoms with E-state index < -0.39 is 5.56 Å². The zero-order chi connectivity index (χ0) is 14.1. The maximum absolute atomic E-state index is 12.2. The van der Waals surface area contributed by atoms with E-state index >= 15 is 0 Å². The Kier molecular flexibility index (Phi) is 2.80. The number of aromatic hydroxyl groups is 1. The van der Waals surface area contributed by atoms with Gasteiger partial charge in [0, 0.05) is 0 Å². The zero-order valence-corrected chi connectivity index (χ0v) is 10.6. The molecule has 5 nitrogen and oxygen atoms in total. The molecule has 100 valence electrons. The Labute approximate surface area is 115 Å². The summed E-state index contributed by atoms with van der Waals surface area (Å²) < 4.78 is 2.74. The monoisotopic (exact) mass is 267 g/mol. The fraction of sp³-hybridized carbons (Fsp3) is 0. The molecular formula is C15H13N3O2. The van der Waals surface area contributed by atoms with Crippen molar-refractivity contribution in [3.8, 4) is 17.3 Å². The average molecular weight is 267 g/mol. The molecule has 0 aliphatic rings. The van der Waals surface area contributed by atoms with E-state index in [4.69, 9.17) is 5.73 Å². The number of rotatable bonds is 2. The lowest BCUT2D eigenvalue weighted by molar-refractivity contribution is 0.427. The highest BCUT2D eigenvalue weighted by molar-refractivity contribution is 5.53. The van der Waals surface area contributed by atoms with Gasteiger partial charge in [-0.05, 0) is 24.3 Å². The van der Waals surface area contributed by atoms with Crippen molar-refractivity contribution in [1.82, 2.24) is 9.36 Å². The van der Waals surface area contributed by atoms with Crippen LogP contribution < -0.4 is 11.3 Å². The minimum absolute atomic E-state index is 0.169. The molecule has 2 aromatic carbocycles. The first-order valence-corrected chi connectivity index (χ1v) is 6.13. The van der Waals surface area contributed by atoms with E-state index in [1.165, 1.54) is 9.36 Å². The molecule has 0 fully saturated rings. The van der Waals surface area contributed by atoms with Crippen molar-refractivity contribution < 1.29 is 5.11 Å². The van der Waals surface area contributed by atoms with Gasteiger partial charge in [-0.25, -0.2) is 9.36 Å². The molecule has 1 aromatic heterocycles. The number of hydrogen-bond donors (Lipinski definition) is 2. The van der Waals surface area contributed by atoms with Crippen LogP contribution in [-0.2, 0) is 0 Å². The minimum Gasteiger partial charge on any atom is -0.492 e. The molecule has 1 heterocycles. The highest BCUT2D eigenvalue weighted by Crippen LogP contribution is 2.23. The first kappa shape index (κ1) is 12.1. The Morgan fingerprint density at radius 2 is 1.25 bits per heavy atom. The molecule has 20 heavy (non-hydrogen) atoms. The third-order valence-electron chi connectivity index (χ3n) is 3.07. The normalized spacial score (nSPS) is 10.6. The van der Waals surface area contributed by atoms with Gasteiger partial charge in [0.15, 0.2) is 5.69 Å². The standard InChI is InChI=1S/C15H13N3O2/c16-13-14(19)17(11-7-3-1-4-8-11)18(15(13)20)12-9-5-2-6-10-12/h1-10,19H,16H2. The van der Waals surface area contributed by atoms with E-state index in [2.05, 4.69) is 0 Å². The van der Waals surface area contributed by atoms with Crippen LogP contribution in [0.1, 0.15) is 0 Å². The first-order chi connectivity index (χ1) is 9.70. The lowest BCUT2D eigenvalue weighted by Crippen LogP contribution is -2.21. The largest absolute Gasteiger partial charge is 0.492 e. The first-order valence-electron chi connectivity index (χ1n) is 6.13. The summed E-state index contributed by atoms with van der Waals surface area (Å²) in [7, 11) is 0. The lowest BCUT2D eigenvalue weighted by atomic mass is 10.3. The van der Waals surface area contributed by atoms with Crippen molar-refractivity contribution in [1.29, 1.82) is 0 Å². The Morgan fingerprint density at radius 1 is 0.800 bits per heavy atom. The number of benzene rings is 2. The van der Waals surface area contributed by atoms with Gasteiger partial charge in [-0.3, -0.25) is 4.79 Å². The molecule has 0 saturated carbocycles. The van der Waals surface area contributed by atoms with Crippen molar-refractivity contribution in [2.24, 2.45) is 0 Å². The Balaban J connectivity index is 2.36. The summed E-state index contributed by atoms with van der Waals surface area (Å²) in [5.41, 5.74) is 6.35. The van der Waals surface area contributed by atoms with Crippen molar-refractivity contribution in [3.05, 3.63) is 71.0 Å². The molecule has 0 saturated heterocycles. The topological polar surface area (TPSA) is 73.2 Å². The number of nitrogen functional groups attached to an aromatic ring is 1. The Morgan fingerprint density at radius 3 is 1.75 bits per heavy atom. The van der Waals surface area contributed by atoms with Crippen LogP contribution in [0.4, 0.5) is 5.69 Å². The Hall–Kier alpha value is -2.95. The second kappa shape index (κ2) is 4.62. The van der Waals surface area contributed by atoms with Gasteiger partial charge in [-0.15, -0.1) is 0 Å². The summed E-state index contributed by atoms with van der Waals surface area (Å²) >= 11 is 0. The molecule has 0 aliphatic carbocycles. The van der Waals surface area contributed by atoms with Gasteiger partial charge in [-0.2, -0.15) is 0 Å². The van der Waals surface area contributed by atoms with Crippen molar-refractivity contribution in [3.63, 3.8) is 0 Å². The van der Waals surface area contributed by atoms with Gasteiger partial charge in [0.25, 0.3) is 5.56 Å². The predicted octanol–water partition coefficient (Wildman–Crippen LogP) is 1.92. The van der Waals surface area contributed by atoms with E-state index in [9.17, 15) is 9.90 Å². The smallest absolute Gasteiger partial charge is 0.299 e. The second-order valence-electron chi connectivity index (χ2n) is 4.34. The number of hydrogen-bond acceptors (Lipinski definition) is 3. The van der Waals surface area contributed by atoms with Gasteiger partial charge >= 0.3 is 0 Å². The molecule has 5 heteroatoms. The van der Waals surface area contributed by atoms with E-state index in [0.717, 1.165) is 0 Å². The highest BCUT2D eigenvalue weighted by Gasteiger charge is 2.19. The van der Waals surface area contributed by atoms with Gasteiger partial charge in [-0.1, -0.05) is 36.4 Å². The van der Waals surface area contributed by atoms with Gasteiger partial charge in [0.05, 0.1) is 11.4 Å². The van der Waals surface area contributed by atoms with Gasteiger partial charge in [0.2, 0.25) is 5.88 Å². The maximum Gasteiger partial charge on any atom is 0.299 e. The summed E-state index contributed by atoms with van der Waals surface area (Å²) in [5.74, 6) is -0.259. The molecule has 0 aliphatic heterocycles. The molecule has 3 N–H and O–H groups in total. The fourth-order valence-electron chi connectivity index (χ4n) is 2.12. The lowest BCUT2D eigenvalue weighted by Gasteiger charge is -2.12. The molecule has 0 unspecified atom stereocenters. The zero-order valence-electron chi connectivity index (χ0n) is 10.6. The predicted molar refractivity (Wildman–Crippen MR) is 77.4 cm³/mol. The number of nitrogens with zero attached hydrogens (tertiary/aromatic N) is 2. The van der Waals surface area contributed by atoms with Crippen molar-refractivity contribution in [2.45, 2.75) is 0 Å². The van der Waals surface area contributed by atoms with Crippen LogP contribution in [0.2, 0.25) is 0 Å². The van der Waals surface area contributed by atoms with Crippen LogP contribution in [0.3, 0.4) is 0 Å². The van der Waals surface area contributed by atoms with Gasteiger partial charge in [0.1, 0.15) is 0 Å². The molecular weight excluding hydrogens is 254 g/mol. The maximum atomic E-state index is 12.2. The van der Waals surface area contributed by atoms with E-state index in [1.54, 1.807) is 24.3 Å². The van der Waals surface area contributed by atoms with Crippen molar-refractivity contribution in [2.75, 3.05) is 5.73 Å².